The summed E-state index contributed by atoms with van der Waals surface area (Å²) in [4.78, 5) is 4.85. The summed E-state index contributed by atoms with van der Waals surface area (Å²) in [5.74, 6) is 0. The molecule has 1 aliphatic rings. The molecule has 0 aliphatic carbocycles. The Morgan fingerprint density at radius 2 is 0.825 bits per heavy atom. The summed E-state index contributed by atoms with van der Waals surface area (Å²) in [6, 6.07) is 79.8. The van der Waals surface area contributed by atoms with Gasteiger partial charge in [-0.15, -0.1) is 0 Å². The van der Waals surface area contributed by atoms with E-state index in [0.717, 1.165) is 23.5 Å². The molecule has 11 rings (SSSR count). The lowest BCUT2D eigenvalue weighted by Crippen LogP contribution is -2.19. The van der Waals surface area contributed by atoms with E-state index in [1.165, 1.54) is 82.8 Å². The predicted octanol–water partition coefficient (Wildman–Crippen LogP) is 15.3. The highest BCUT2D eigenvalue weighted by Crippen LogP contribution is 2.48. The van der Waals surface area contributed by atoms with E-state index in [9.17, 15) is 0 Å². The predicted molar refractivity (Wildman–Crippen MR) is 242 cm³/mol. The molecule has 0 saturated carbocycles. The van der Waals surface area contributed by atoms with Gasteiger partial charge in [0, 0.05) is 39.9 Å². The molecule has 0 aromatic heterocycles. The fourth-order valence-corrected chi connectivity index (χ4v) is 8.83. The third-order valence-corrected chi connectivity index (χ3v) is 11.6. The molecule has 0 saturated heterocycles. The van der Waals surface area contributed by atoms with Crippen LogP contribution in [0.4, 0.5) is 34.1 Å². The molecule has 0 unspecified atom stereocenters. The van der Waals surface area contributed by atoms with Gasteiger partial charge in [-0.2, -0.15) is 0 Å². The Kier molecular flexibility index (Phi) is 7.93. The Morgan fingerprint density at radius 3 is 1.56 bits per heavy atom. The molecule has 10 aromatic rings. The number of fused-ring (bicyclic) bond motifs is 5. The second kappa shape index (κ2) is 13.7. The highest BCUT2D eigenvalue weighted by molar-refractivity contribution is 6.02. The maximum Gasteiger partial charge on any atom is 0.0540 e. The van der Waals surface area contributed by atoms with Crippen molar-refractivity contribution in [3.05, 3.63) is 230 Å². The van der Waals surface area contributed by atoms with E-state index in [-0.39, 0.29) is 0 Å². The molecule has 1 heterocycles. The molecule has 1 aliphatic heterocycles. The molecule has 0 radical (unpaired) electrons. The van der Waals surface area contributed by atoms with Crippen LogP contribution in [0.2, 0.25) is 0 Å². The zero-order valence-electron chi connectivity index (χ0n) is 31.4. The highest BCUT2D eigenvalue weighted by Gasteiger charge is 2.26. The summed E-state index contributed by atoms with van der Waals surface area (Å²) >= 11 is 0. The first-order chi connectivity index (χ1) is 28.2. The summed E-state index contributed by atoms with van der Waals surface area (Å²) < 4.78 is 0. The van der Waals surface area contributed by atoms with Gasteiger partial charge in [0.05, 0.1) is 11.4 Å². The second-order valence-corrected chi connectivity index (χ2v) is 15.0. The quantitative estimate of drug-likeness (QED) is 0.168. The van der Waals surface area contributed by atoms with Crippen LogP contribution in [0.25, 0.3) is 54.6 Å². The molecule has 0 fully saturated rings. The van der Waals surface area contributed by atoms with Crippen LogP contribution in [0, 0.1) is 0 Å². The van der Waals surface area contributed by atoms with Crippen molar-refractivity contribution in [2.45, 2.75) is 6.42 Å². The van der Waals surface area contributed by atoms with Gasteiger partial charge in [0.1, 0.15) is 0 Å². The van der Waals surface area contributed by atoms with Gasteiger partial charge in [0.2, 0.25) is 0 Å². The zero-order chi connectivity index (χ0) is 37.7. The topological polar surface area (TPSA) is 6.48 Å². The van der Waals surface area contributed by atoms with E-state index in [0.29, 0.717) is 0 Å². The Hall–Kier alpha value is -7.42. The minimum Gasteiger partial charge on any atom is -0.310 e. The first-order valence-electron chi connectivity index (χ1n) is 19.7. The van der Waals surface area contributed by atoms with E-state index in [4.69, 9.17) is 0 Å². The molecule has 0 N–H and O–H groups in total. The lowest BCUT2D eigenvalue weighted by atomic mass is 9.89. The van der Waals surface area contributed by atoms with Crippen LogP contribution in [-0.4, -0.2) is 0 Å². The van der Waals surface area contributed by atoms with Crippen LogP contribution in [-0.2, 0) is 6.42 Å². The number of hydrogen-bond donors (Lipinski definition) is 0. The first kappa shape index (κ1) is 33.0. The monoisotopic (exact) mass is 726 g/mol. The van der Waals surface area contributed by atoms with Crippen LogP contribution in [0.5, 0.6) is 0 Å². The van der Waals surface area contributed by atoms with Gasteiger partial charge in [-0.25, -0.2) is 0 Å². The number of benzene rings is 10. The normalized spacial score (nSPS) is 12.1. The van der Waals surface area contributed by atoms with E-state index >= 15 is 0 Å². The fraction of sp³-hybridized carbons (Fsp3) is 0.0182. The summed E-state index contributed by atoms with van der Waals surface area (Å²) in [5.41, 5.74) is 14.6. The second-order valence-electron chi connectivity index (χ2n) is 15.0. The zero-order valence-corrected chi connectivity index (χ0v) is 31.4. The molecule has 2 nitrogen and oxygen atoms in total. The van der Waals surface area contributed by atoms with Gasteiger partial charge in [-0.05, 0) is 122 Å². The van der Waals surface area contributed by atoms with Gasteiger partial charge in [-0.1, -0.05) is 152 Å². The molecule has 10 aromatic carbocycles. The maximum absolute atomic E-state index is 2.48. The Bertz CT molecular complexity index is 3100. The van der Waals surface area contributed by atoms with Gasteiger partial charge in [0.15, 0.2) is 0 Å². The third-order valence-electron chi connectivity index (χ3n) is 11.6. The van der Waals surface area contributed by atoms with Crippen molar-refractivity contribution in [3.8, 4) is 22.3 Å². The average molecular weight is 727 g/mol. The molecular weight excluding hydrogens is 689 g/mol. The molecular formula is C55H38N2. The van der Waals surface area contributed by atoms with Gasteiger partial charge in [-0.3, -0.25) is 0 Å². The van der Waals surface area contributed by atoms with Crippen molar-refractivity contribution in [2.24, 2.45) is 0 Å². The smallest absolute Gasteiger partial charge is 0.0540 e. The van der Waals surface area contributed by atoms with Crippen molar-refractivity contribution < 1.29 is 0 Å². The van der Waals surface area contributed by atoms with Crippen LogP contribution < -0.4 is 9.80 Å². The van der Waals surface area contributed by atoms with Gasteiger partial charge < -0.3 is 9.80 Å². The lowest BCUT2D eigenvalue weighted by molar-refractivity contribution is 1.09. The largest absolute Gasteiger partial charge is 0.310 e. The van der Waals surface area contributed by atoms with Crippen LogP contribution in [0.3, 0.4) is 0 Å². The maximum atomic E-state index is 2.48. The Labute approximate surface area is 333 Å². The minimum absolute atomic E-state index is 0.849. The number of rotatable bonds is 6. The number of nitrogens with zero attached hydrogens (tertiary/aromatic N) is 2. The van der Waals surface area contributed by atoms with Gasteiger partial charge >= 0.3 is 0 Å². The third kappa shape index (κ3) is 5.82. The summed E-state index contributed by atoms with van der Waals surface area (Å²) in [7, 11) is 0. The van der Waals surface area contributed by atoms with Crippen LogP contribution in [0.15, 0.2) is 218 Å². The highest BCUT2D eigenvalue weighted by atomic mass is 15.2. The Morgan fingerprint density at radius 1 is 0.316 bits per heavy atom. The van der Waals surface area contributed by atoms with Crippen molar-refractivity contribution in [1.29, 1.82) is 0 Å². The average Bonchev–Trinajstić information content (AvgIpc) is 3.28. The molecule has 268 valence electrons. The van der Waals surface area contributed by atoms with Crippen LogP contribution >= 0.6 is 0 Å². The number of hydrogen-bond acceptors (Lipinski definition) is 2. The lowest BCUT2D eigenvalue weighted by Gasteiger charge is -2.35. The molecule has 0 amide bonds. The van der Waals surface area contributed by atoms with E-state index in [1.807, 2.05) is 0 Å². The van der Waals surface area contributed by atoms with Gasteiger partial charge in [0.25, 0.3) is 0 Å². The molecule has 0 atom stereocenters. The van der Waals surface area contributed by atoms with Crippen molar-refractivity contribution >= 4 is 66.4 Å². The van der Waals surface area contributed by atoms with E-state index in [1.54, 1.807) is 0 Å². The number of anilines is 6. The first-order valence-corrected chi connectivity index (χ1v) is 19.7. The molecule has 0 bridgehead atoms. The van der Waals surface area contributed by atoms with Crippen LogP contribution in [0.1, 0.15) is 11.1 Å². The molecule has 2 heteroatoms. The number of para-hydroxylation sites is 1. The summed E-state index contributed by atoms with van der Waals surface area (Å²) in [6.45, 7) is 0. The summed E-state index contributed by atoms with van der Waals surface area (Å²) in [6.07, 6.45) is 0.849. The molecule has 0 spiro atoms. The van der Waals surface area contributed by atoms with Crippen molar-refractivity contribution in [3.63, 3.8) is 0 Å². The van der Waals surface area contributed by atoms with E-state index in [2.05, 4.69) is 228 Å². The van der Waals surface area contributed by atoms with E-state index < -0.39 is 0 Å². The minimum atomic E-state index is 0.849. The standard InChI is InChI=1S/C55H38N2/c1-2-18-48(19-3-1)56(54-22-10-16-40-13-6-8-20-50(40)54)49-30-26-39(27-31-49)43-28-32-52-46(35-43)37-47-36-45(44-25-24-38-12-4-5-15-42(38)34-44)29-33-53(47)57(52)55-23-11-17-41-14-7-9-21-51(41)55/h1-36H,37H2. The summed E-state index contributed by atoms with van der Waals surface area (Å²) in [5, 5.41) is 7.45. The SMILES string of the molecule is c1ccc(N(c2ccc(-c3ccc4c(c3)Cc3cc(-c5ccc6ccccc6c5)ccc3N4c3cccc4ccccc34)cc2)c2cccc3ccccc23)cc1. The van der Waals surface area contributed by atoms with Crippen molar-refractivity contribution in [1.82, 2.24) is 0 Å². The Balaban J connectivity index is 1.01. The fourth-order valence-electron chi connectivity index (χ4n) is 8.83. The molecule has 57 heavy (non-hydrogen) atoms. The van der Waals surface area contributed by atoms with Crippen molar-refractivity contribution in [2.75, 3.05) is 9.80 Å².